The van der Waals surface area contributed by atoms with Gasteiger partial charge in [-0.3, -0.25) is 4.98 Å². The van der Waals surface area contributed by atoms with Gasteiger partial charge in [0.1, 0.15) is 17.7 Å². The van der Waals surface area contributed by atoms with Crippen molar-refractivity contribution in [3.8, 4) is 0 Å². The Kier molecular flexibility index (Phi) is 5.62. The Hall–Kier alpha value is -1.11. The standard InChI is InChI=1S/C18H22BrF2NOSi/c1-18(2,3)24(4,5)23-17(16-9-6-12(19)11-22-16)14-8-7-13(20)10-15(14)21/h6-11,17H,1-5H3. The summed E-state index contributed by atoms with van der Waals surface area (Å²) in [6, 6.07) is 7.21. The fourth-order valence-corrected chi connectivity index (χ4v) is 3.44. The molecule has 1 aromatic carbocycles. The van der Waals surface area contributed by atoms with Crippen molar-refractivity contribution in [2.24, 2.45) is 0 Å². The number of aromatic nitrogens is 1. The SMILES string of the molecule is CC(C)(C)[Si](C)(C)OC(c1ccc(Br)cn1)c1ccc(F)cc1F. The zero-order valence-electron chi connectivity index (χ0n) is 14.5. The van der Waals surface area contributed by atoms with E-state index in [1.165, 1.54) is 12.1 Å². The average Bonchev–Trinajstić information content (AvgIpc) is 2.45. The van der Waals surface area contributed by atoms with Crippen LogP contribution in [0.25, 0.3) is 0 Å². The van der Waals surface area contributed by atoms with Crippen molar-refractivity contribution in [3.63, 3.8) is 0 Å². The molecule has 0 fully saturated rings. The monoisotopic (exact) mass is 413 g/mol. The number of rotatable bonds is 4. The Morgan fingerprint density at radius 1 is 1.12 bits per heavy atom. The smallest absolute Gasteiger partial charge is 0.193 e. The number of halogens is 3. The van der Waals surface area contributed by atoms with E-state index >= 15 is 0 Å². The van der Waals surface area contributed by atoms with Crippen LogP contribution in [-0.4, -0.2) is 13.3 Å². The molecule has 0 saturated carbocycles. The summed E-state index contributed by atoms with van der Waals surface area (Å²) >= 11 is 3.35. The molecule has 1 atom stereocenters. The predicted octanol–water partition coefficient (Wildman–Crippen LogP) is 6.23. The lowest BCUT2D eigenvalue weighted by Gasteiger charge is -2.39. The molecule has 0 N–H and O–H groups in total. The van der Waals surface area contributed by atoms with Gasteiger partial charge in [-0.05, 0) is 52.3 Å². The summed E-state index contributed by atoms with van der Waals surface area (Å²) in [6.45, 7) is 10.5. The third-order valence-electron chi connectivity index (χ3n) is 4.48. The minimum absolute atomic E-state index is 0.0445. The van der Waals surface area contributed by atoms with Gasteiger partial charge in [0.25, 0.3) is 0 Å². The van der Waals surface area contributed by atoms with Crippen LogP contribution in [0.15, 0.2) is 41.0 Å². The van der Waals surface area contributed by atoms with Crippen LogP contribution in [0.4, 0.5) is 8.78 Å². The summed E-state index contributed by atoms with van der Waals surface area (Å²) in [5, 5.41) is -0.0445. The molecular formula is C18H22BrF2NOSi. The molecule has 0 aliphatic heterocycles. The molecule has 1 unspecified atom stereocenters. The van der Waals surface area contributed by atoms with Crippen molar-refractivity contribution in [2.75, 3.05) is 0 Å². The first-order chi connectivity index (χ1) is 11.0. The van der Waals surface area contributed by atoms with Crippen molar-refractivity contribution in [1.82, 2.24) is 4.98 Å². The molecule has 0 spiro atoms. The van der Waals surface area contributed by atoms with Gasteiger partial charge < -0.3 is 4.43 Å². The normalized spacial score (nSPS) is 13.8. The Balaban J connectivity index is 2.51. The van der Waals surface area contributed by atoms with E-state index in [1.54, 1.807) is 12.3 Å². The minimum Gasteiger partial charge on any atom is -0.404 e. The maximum atomic E-state index is 14.4. The second-order valence-electron chi connectivity index (χ2n) is 7.33. The predicted molar refractivity (Wildman–Crippen MR) is 98.4 cm³/mol. The summed E-state index contributed by atoms with van der Waals surface area (Å²) in [7, 11) is -2.20. The average molecular weight is 414 g/mol. The van der Waals surface area contributed by atoms with Crippen LogP contribution >= 0.6 is 15.9 Å². The molecule has 2 rings (SSSR count). The zero-order valence-corrected chi connectivity index (χ0v) is 17.1. The zero-order chi connectivity index (χ0) is 18.1. The molecule has 130 valence electrons. The van der Waals surface area contributed by atoms with Gasteiger partial charge in [-0.1, -0.05) is 26.8 Å². The van der Waals surface area contributed by atoms with Crippen LogP contribution in [0.1, 0.15) is 38.1 Å². The Labute approximate surface area is 151 Å². The molecular weight excluding hydrogens is 392 g/mol. The molecule has 0 amide bonds. The van der Waals surface area contributed by atoms with Crippen molar-refractivity contribution < 1.29 is 13.2 Å². The molecule has 2 nitrogen and oxygen atoms in total. The molecule has 24 heavy (non-hydrogen) atoms. The molecule has 0 aliphatic carbocycles. The van der Waals surface area contributed by atoms with Gasteiger partial charge in [-0.25, -0.2) is 8.78 Å². The summed E-state index contributed by atoms with van der Waals surface area (Å²) in [6.07, 6.45) is 0.985. The Bertz CT molecular complexity index is 714. The molecule has 0 aliphatic rings. The van der Waals surface area contributed by atoms with E-state index in [0.29, 0.717) is 11.3 Å². The van der Waals surface area contributed by atoms with Gasteiger partial charge in [0.05, 0.1) is 5.69 Å². The molecule has 2 aromatic rings. The van der Waals surface area contributed by atoms with Gasteiger partial charge in [0.2, 0.25) is 0 Å². The van der Waals surface area contributed by atoms with E-state index in [0.717, 1.165) is 10.5 Å². The highest BCUT2D eigenvalue weighted by Gasteiger charge is 2.40. The topological polar surface area (TPSA) is 22.1 Å². The van der Waals surface area contributed by atoms with Crippen LogP contribution in [0, 0.1) is 11.6 Å². The lowest BCUT2D eigenvalue weighted by atomic mass is 10.1. The largest absolute Gasteiger partial charge is 0.404 e. The fraction of sp³-hybridized carbons (Fsp3) is 0.389. The molecule has 1 aromatic heterocycles. The highest BCUT2D eigenvalue weighted by atomic mass is 79.9. The maximum absolute atomic E-state index is 14.4. The highest BCUT2D eigenvalue weighted by Crippen LogP contribution is 2.41. The summed E-state index contributed by atoms with van der Waals surface area (Å²) in [5.41, 5.74) is 0.907. The van der Waals surface area contributed by atoms with Crippen molar-refractivity contribution >= 4 is 24.2 Å². The highest BCUT2D eigenvalue weighted by molar-refractivity contribution is 9.10. The number of nitrogens with zero attached hydrogens (tertiary/aromatic N) is 1. The van der Waals surface area contributed by atoms with E-state index in [1.807, 2.05) is 6.07 Å². The Morgan fingerprint density at radius 3 is 2.29 bits per heavy atom. The lowest BCUT2D eigenvalue weighted by Crippen LogP contribution is -2.42. The molecule has 0 saturated heterocycles. The van der Waals surface area contributed by atoms with Crippen molar-refractivity contribution in [3.05, 3.63) is 63.9 Å². The van der Waals surface area contributed by atoms with Gasteiger partial charge in [0, 0.05) is 22.3 Å². The van der Waals surface area contributed by atoms with E-state index in [9.17, 15) is 8.78 Å². The van der Waals surface area contributed by atoms with Crippen molar-refractivity contribution in [1.29, 1.82) is 0 Å². The molecule has 6 heteroatoms. The molecule has 1 heterocycles. The summed E-state index contributed by atoms with van der Waals surface area (Å²) in [4.78, 5) is 4.37. The van der Waals surface area contributed by atoms with Crippen LogP contribution < -0.4 is 0 Å². The van der Waals surface area contributed by atoms with E-state index in [-0.39, 0.29) is 5.04 Å². The van der Waals surface area contributed by atoms with Gasteiger partial charge in [-0.15, -0.1) is 0 Å². The quantitative estimate of drug-likeness (QED) is 0.553. The second kappa shape index (κ2) is 7.02. The van der Waals surface area contributed by atoms with Gasteiger partial charge in [0.15, 0.2) is 8.32 Å². The third kappa shape index (κ3) is 4.29. The number of pyridine rings is 1. The first-order valence-corrected chi connectivity index (χ1v) is 11.5. The summed E-state index contributed by atoms with van der Waals surface area (Å²) in [5.74, 6) is -1.23. The first-order valence-electron chi connectivity index (χ1n) is 7.75. The van der Waals surface area contributed by atoms with Gasteiger partial charge >= 0.3 is 0 Å². The summed E-state index contributed by atoms with van der Waals surface area (Å²) < 4.78 is 35.0. The third-order valence-corrected chi connectivity index (χ3v) is 9.39. The Morgan fingerprint density at radius 2 is 1.79 bits per heavy atom. The van der Waals surface area contributed by atoms with E-state index in [2.05, 4.69) is 54.8 Å². The van der Waals surface area contributed by atoms with Crippen LogP contribution in [-0.2, 0) is 4.43 Å². The number of hydrogen-bond donors (Lipinski definition) is 0. The second-order valence-corrected chi connectivity index (χ2v) is 13.0. The van der Waals surface area contributed by atoms with Crippen LogP contribution in [0.5, 0.6) is 0 Å². The number of hydrogen-bond acceptors (Lipinski definition) is 2. The van der Waals surface area contributed by atoms with Crippen molar-refractivity contribution in [2.45, 2.75) is 45.0 Å². The van der Waals surface area contributed by atoms with Crippen LogP contribution in [0.3, 0.4) is 0 Å². The number of benzene rings is 1. The maximum Gasteiger partial charge on any atom is 0.193 e. The fourth-order valence-electron chi connectivity index (χ4n) is 2.01. The van der Waals surface area contributed by atoms with E-state index in [4.69, 9.17) is 4.43 Å². The molecule has 0 bridgehead atoms. The minimum atomic E-state index is -2.20. The first kappa shape index (κ1) is 19.2. The lowest BCUT2D eigenvalue weighted by molar-refractivity contribution is 0.212. The van der Waals surface area contributed by atoms with Gasteiger partial charge in [-0.2, -0.15) is 0 Å². The molecule has 0 radical (unpaired) electrons. The van der Waals surface area contributed by atoms with Crippen LogP contribution in [0.2, 0.25) is 18.1 Å². The van der Waals surface area contributed by atoms with E-state index < -0.39 is 26.1 Å².